The Balaban J connectivity index is 1.73. The lowest BCUT2D eigenvalue weighted by molar-refractivity contribution is -0.273. The molecule has 0 bridgehead atoms. The summed E-state index contributed by atoms with van der Waals surface area (Å²) < 4.78 is 35.2. The van der Waals surface area contributed by atoms with Crippen molar-refractivity contribution in [3.63, 3.8) is 0 Å². The van der Waals surface area contributed by atoms with Crippen molar-refractivity contribution < 1.29 is 42.8 Å². The van der Waals surface area contributed by atoms with Gasteiger partial charge in [0.2, 0.25) is 0 Å². The van der Waals surface area contributed by atoms with Crippen molar-refractivity contribution in [1.82, 2.24) is 5.32 Å². The molecule has 2 N–H and O–H groups in total. The third kappa shape index (κ3) is 8.22. The molecular formula is C35H43NO9Si. The Hall–Kier alpha value is -4.00. The number of carbonyl (C=O) groups is 2. The Labute approximate surface area is 271 Å². The Kier molecular flexibility index (Phi) is 12.1. The molecule has 246 valence electrons. The average Bonchev–Trinajstić information content (AvgIpc) is 3.06. The van der Waals surface area contributed by atoms with Crippen LogP contribution in [0.15, 0.2) is 104 Å². The van der Waals surface area contributed by atoms with Crippen molar-refractivity contribution in [1.29, 1.82) is 0 Å². The molecule has 0 spiro atoms. The molecule has 4 rings (SSSR count). The molecule has 11 heteroatoms. The molecule has 1 heterocycles. The Morgan fingerprint density at radius 1 is 0.957 bits per heavy atom. The fraction of sp³-hybridized carbons (Fsp3) is 0.371. The number of benzene rings is 3. The van der Waals surface area contributed by atoms with E-state index in [4.69, 9.17) is 28.1 Å². The van der Waals surface area contributed by atoms with Gasteiger partial charge in [0.15, 0.2) is 12.4 Å². The zero-order chi connectivity index (χ0) is 33.2. The number of aliphatic hydroxyl groups is 1. The molecule has 3 aromatic rings. The average molecular weight is 650 g/mol. The van der Waals surface area contributed by atoms with Crippen molar-refractivity contribution in [2.45, 2.75) is 63.1 Å². The fourth-order valence-electron chi connectivity index (χ4n) is 5.68. The predicted molar refractivity (Wildman–Crippen MR) is 175 cm³/mol. The number of aliphatic hydroxyl groups excluding tert-OH is 1. The second kappa shape index (κ2) is 16.0. The quantitative estimate of drug-likeness (QED) is 0.168. The number of carbonyl (C=O) groups excluding carboxylic acids is 2. The summed E-state index contributed by atoms with van der Waals surface area (Å²) >= 11 is 0. The summed E-state index contributed by atoms with van der Waals surface area (Å²) in [5, 5.41) is 16.0. The van der Waals surface area contributed by atoms with E-state index in [1.807, 2.05) is 66.7 Å². The summed E-state index contributed by atoms with van der Waals surface area (Å²) in [5.41, 5.74) is 0.851. The summed E-state index contributed by atoms with van der Waals surface area (Å²) in [4.78, 5) is 25.1. The van der Waals surface area contributed by atoms with E-state index in [0.717, 1.165) is 15.9 Å². The highest BCUT2D eigenvalue weighted by Crippen LogP contribution is 2.37. The molecule has 46 heavy (non-hydrogen) atoms. The maximum absolute atomic E-state index is 12.7. The summed E-state index contributed by atoms with van der Waals surface area (Å²) in [7, 11) is -1.86. The number of rotatable bonds is 12. The minimum atomic E-state index is -3.07. The largest absolute Gasteiger partial charge is 0.509 e. The van der Waals surface area contributed by atoms with E-state index in [1.54, 1.807) is 0 Å². The van der Waals surface area contributed by atoms with E-state index in [9.17, 15) is 14.7 Å². The molecule has 0 aromatic heterocycles. The number of alkyl carbamates (subject to hydrolysis) is 1. The number of methoxy groups -OCH3 is 1. The van der Waals surface area contributed by atoms with E-state index >= 15 is 0 Å². The Morgan fingerprint density at radius 2 is 1.52 bits per heavy atom. The Morgan fingerprint density at radius 3 is 2.04 bits per heavy atom. The van der Waals surface area contributed by atoms with Gasteiger partial charge in [0.1, 0.15) is 24.9 Å². The van der Waals surface area contributed by atoms with Crippen LogP contribution < -0.4 is 15.7 Å². The van der Waals surface area contributed by atoms with Gasteiger partial charge in [-0.25, -0.2) is 9.59 Å². The van der Waals surface area contributed by atoms with Gasteiger partial charge >= 0.3 is 12.2 Å². The number of ether oxygens (including phenoxy) is 5. The van der Waals surface area contributed by atoms with Crippen LogP contribution in [0.1, 0.15) is 26.3 Å². The van der Waals surface area contributed by atoms with Gasteiger partial charge in [-0.1, -0.05) is 124 Å². The highest BCUT2D eigenvalue weighted by atomic mass is 28.4. The standard InChI is InChI=1S/C35H43NO9Si/c1-6-22-41-34(39)45-31-28(44-32(29(30(31)37)36-33(38)40-5)42-23-25-16-10-7-11-17-25)24-43-46(35(2,3)4,26-18-12-8-13-19-26)27-20-14-9-15-21-27/h6-21,28-32,37H,1,22-24H2,2-5H3,(H,36,38)/t28-,29-,30-,31-,32-/m1/s1. The molecule has 0 aliphatic carbocycles. The molecular weight excluding hydrogens is 606 g/mol. The highest BCUT2D eigenvalue weighted by molar-refractivity contribution is 6.99. The summed E-state index contributed by atoms with van der Waals surface area (Å²) in [6, 6.07) is 28.3. The molecule has 1 saturated heterocycles. The number of hydrogen-bond donors (Lipinski definition) is 2. The van der Waals surface area contributed by atoms with Crippen molar-refractivity contribution in [3.05, 3.63) is 109 Å². The van der Waals surface area contributed by atoms with Gasteiger partial charge in [-0.2, -0.15) is 0 Å². The van der Waals surface area contributed by atoms with E-state index in [1.165, 1.54) is 13.2 Å². The second-order valence-electron chi connectivity index (χ2n) is 11.9. The molecule has 10 nitrogen and oxygen atoms in total. The van der Waals surface area contributed by atoms with Gasteiger partial charge in [-0.05, 0) is 21.0 Å². The first-order valence-electron chi connectivity index (χ1n) is 15.1. The lowest BCUT2D eigenvalue weighted by Gasteiger charge is -2.47. The fourth-order valence-corrected chi connectivity index (χ4v) is 10.3. The van der Waals surface area contributed by atoms with Crippen LogP contribution in [0.25, 0.3) is 0 Å². The smallest absolute Gasteiger partial charge is 0.453 e. The SMILES string of the molecule is C=CCOC(=O)O[C@H]1[C@H](O)[C@@H](NC(=O)OC)[C@H](OCc2ccccc2)O[C@@H]1CO[Si](c1ccccc1)(c1ccccc1)C(C)(C)C. The maximum atomic E-state index is 12.7. The monoisotopic (exact) mass is 649 g/mol. The predicted octanol–water partition coefficient (Wildman–Crippen LogP) is 4.30. The van der Waals surface area contributed by atoms with Crippen LogP contribution in [0, 0.1) is 0 Å². The van der Waals surface area contributed by atoms with Crippen LogP contribution in [0.3, 0.4) is 0 Å². The third-order valence-electron chi connectivity index (χ3n) is 7.83. The molecule has 1 aliphatic rings. The lowest BCUT2D eigenvalue weighted by Crippen LogP contribution is -2.69. The minimum absolute atomic E-state index is 0.0834. The zero-order valence-electron chi connectivity index (χ0n) is 26.7. The molecule has 5 atom stereocenters. The second-order valence-corrected chi connectivity index (χ2v) is 16.2. The topological polar surface area (TPSA) is 122 Å². The van der Waals surface area contributed by atoms with Crippen LogP contribution in [-0.2, 0) is 34.7 Å². The van der Waals surface area contributed by atoms with Crippen LogP contribution >= 0.6 is 0 Å². The van der Waals surface area contributed by atoms with Gasteiger partial charge in [0.25, 0.3) is 8.32 Å². The van der Waals surface area contributed by atoms with Crippen LogP contribution in [0.2, 0.25) is 5.04 Å². The number of amides is 1. The van der Waals surface area contributed by atoms with E-state index in [0.29, 0.717) is 0 Å². The number of nitrogens with one attached hydrogen (secondary N) is 1. The molecule has 0 unspecified atom stereocenters. The summed E-state index contributed by atoms with van der Waals surface area (Å²) in [6.45, 7) is 9.90. The van der Waals surface area contributed by atoms with Crippen LogP contribution in [-0.4, -0.2) is 76.6 Å². The summed E-state index contributed by atoms with van der Waals surface area (Å²) in [5.74, 6) is 0. The van der Waals surface area contributed by atoms with Crippen LogP contribution in [0.4, 0.5) is 9.59 Å². The first-order chi connectivity index (χ1) is 22.1. The van der Waals surface area contributed by atoms with E-state index in [2.05, 4.69) is 56.9 Å². The first-order valence-corrected chi connectivity index (χ1v) is 17.0. The highest BCUT2D eigenvalue weighted by Gasteiger charge is 2.53. The van der Waals surface area contributed by atoms with Crippen molar-refractivity contribution >= 4 is 30.9 Å². The number of hydrogen-bond acceptors (Lipinski definition) is 9. The van der Waals surface area contributed by atoms with Crippen molar-refractivity contribution in [2.24, 2.45) is 0 Å². The molecule has 1 fully saturated rings. The first kappa shape index (κ1) is 34.9. The van der Waals surface area contributed by atoms with Gasteiger partial charge < -0.3 is 38.5 Å². The zero-order valence-corrected chi connectivity index (χ0v) is 27.7. The lowest BCUT2D eigenvalue weighted by atomic mass is 9.97. The van der Waals surface area contributed by atoms with Gasteiger partial charge in [-0.3, -0.25) is 0 Å². The van der Waals surface area contributed by atoms with Gasteiger partial charge in [0, 0.05) is 0 Å². The summed E-state index contributed by atoms with van der Waals surface area (Å²) in [6.07, 6.45) is -5.45. The molecule has 3 aromatic carbocycles. The third-order valence-corrected chi connectivity index (χ3v) is 12.8. The molecule has 1 amide bonds. The normalized spacial score (nSPS) is 21.5. The van der Waals surface area contributed by atoms with Crippen molar-refractivity contribution in [2.75, 3.05) is 20.3 Å². The molecule has 1 aliphatic heterocycles. The van der Waals surface area contributed by atoms with Crippen molar-refractivity contribution in [3.8, 4) is 0 Å². The van der Waals surface area contributed by atoms with E-state index < -0.39 is 51.2 Å². The molecule has 0 saturated carbocycles. The Bertz CT molecular complexity index is 1360. The van der Waals surface area contributed by atoms with Crippen LogP contribution in [0.5, 0.6) is 0 Å². The van der Waals surface area contributed by atoms with Gasteiger partial charge in [0.05, 0.1) is 20.3 Å². The molecule has 0 radical (unpaired) electrons. The maximum Gasteiger partial charge on any atom is 0.509 e. The van der Waals surface area contributed by atoms with Gasteiger partial charge in [-0.15, -0.1) is 0 Å². The van der Waals surface area contributed by atoms with E-state index in [-0.39, 0.29) is 24.9 Å². The minimum Gasteiger partial charge on any atom is -0.453 e.